The number of para-hydroxylation sites is 2. The molecule has 0 spiro atoms. The number of carbonyl (C=O) groups is 1. The molecule has 0 unspecified atom stereocenters. The Balaban J connectivity index is 1.83. The summed E-state index contributed by atoms with van der Waals surface area (Å²) in [6.45, 7) is 3.94. The summed E-state index contributed by atoms with van der Waals surface area (Å²) in [5.41, 5.74) is 5.29. The van der Waals surface area contributed by atoms with E-state index < -0.39 is 5.97 Å². The molecule has 2 aromatic heterocycles. The van der Waals surface area contributed by atoms with Crippen molar-refractivity contribution >= 4 is 39.2 Å². The number of hydrogen-bond donors (Lipinski definition) is 1. The Morgan fingerprint density at radius 3 is 2.54 bits per heavy atom. The zero-order chi connectivity index (χ0) is 19.7. The second-order valence-electron chi connectivity index (χ2n) is 6.56. The van der Waals surface area contributed by atoms with Gasteiger partial charge >= 0.3 is 5.97 Å². The Morgan fingerprint density at radius 2 is 1.82 bits per heavy atom. The maximum atomic E-state index is 11.5. The minimum atomic E-state index is -0.878. The molecule has 0 fully saturated rings. The second-order valence-corrected chi connectivity index (χ2v) is 7.59. The lowest BCUT2D eigenvalue weighted by molar-refractivity contribution is -0.135. The smallest absolute Gasteiger partial charge is 0.307 e. The zero-order valence-corrected chi connectivity index (χ0v) is 16.4. The van der Waals surface area contributed by atoms with Crippen molar-refractivity contribution in [2.24, 2.45) is 0 Å². The number of nitrogens with zero attached hydrogens (tertiary/aromatic N) is 3. The standard InChI is InChI=1S/C22H19N3O2S/c1-14-18(15(2)25(24-14)17-8-4-3-5-9-17)12-16(13-21(26)27)22-23-19-10-6-7-11-20(19)28-22/h3-12H,13H2,1-2H3,(H,26,27)/b16-12+. The third-order valence-corrected chi connectivity index (χ3v) is 5.69. The molecule has 4 aromatic rings. The number of rotatable bonds is 5. The van der Waals surface area contributed by atoms with Crippen LogP contribution >= 0.6 is 11.3 Å². The molecular weight excluding hydrogens is 370 g/mol. The minimum absolute atomic E-state index is 0.0881. The van der Waals surface area contributed by atoms with E-state index in [1.807, 2.05) is 79.2 Å². The van der Waals surface area contributed by atoms with Crippen molar-refractivity contribution in [2.45, 2.75) is 20.3 Å². The fourth-order valence-corrected chi connectivity index (χ4v) is 4.20. The van der Waals surface area contributed by atoms with E-state index in [1.165, 1.54) is 11.3 Å². The summed E-state index contributed by atoms with van der Waals surface area (Å²) in [7, 11) is 0. The number of carboxylic acids is 1. The number of aliphatic carboxylic acids is 1. The van der Waals surface area contributed by atoms with E-state index in [0.717, 1.165) is 37.9 Å². The van der Waals surface area contributed by atoms with Crippen LogP contribution in [0.3, 0.4) is 0 Å². The quantitative estimate of drug-likeness (QED) is 0.515. The average molecular weight is 389 g/mol. The fraction of sp³-hybridized carbons (Fsp3) is 0.136. The van der Waals surface area contributed by atoms with E-state index in [4.69, 9.17) is 0 Å². The first-order valence-electron chi connectivity index (χ1n) is 8.93. The lowest BCUT2D eigenvalue weighted by atomic mass is 10.1. The Hall–Kier alpha value is -3.25. The molecule has 2 heterocycles. The minimum Gasteiger partial charge on any atom is -0.481 e. The first-order valence-corrected chi connectivity index (χ1v) is 9.74. The largest absolute Gasteiger partial charge is 0.481 e. The van der Waals surface area contributed by atoms with Crippen LogP contribution in [-0.4, -0.2) is 25.8 Å². The monoisotopic (exact) mass is 389 g/mol. The molecule has 1 N–H and O–H groups in total. The Morgan fingerprint density at radius 1 is 1.11 bits per heavy atom. The highest BCUT2D eigenvalue weighted by molar-refractivity contribution is 7.19. The van der Waals surface area contributed by atoms with E-state index >= 15 is 0 Å². The maximum Gasteiger partial charge on any atom is 0.307 e. The molecule has 2 aromatic carbocycles. The number of fused-ring (bicyclic) bond motifs is 1. The summed E-state index contributed by atoms with van der Waals surface area (Å²) in [5.74, 6) is -0.878. The van der Waals surface area contributed by atoms with Gasteiger partial charge in [0.15, 0.2) is 0 Å². The molecule has 0 aliphatic carbocycles. The molecule has 0 bridgehead atoms. The number of carboxylic acid groups (broad SMARTS) is 1. The van der Waals surface area contributed by atoms with Gasteiger partial charge in [-0.05, 0) is 49.8 Å². The predicted molar refractivity (Wildman–Crippen MR) is 113 cm³/mol. The molecule has 6 heteroatoms. The molecule has 0 radical (unpaired) electrons. The lowest BCUT2D eigenvalue weighted by Gasteiger charge is -2.05. The first-order chi connectivity index (χ1) is 13.5. The van der Waals surface area contributed by atoms with E-state index in [1.54, 1.807) is 0 Å². The third-order valence-electron chi connectivity index (χ3n) is 4.58. The predicted octanol–water partition coefficient (Wildman–Crippen LogP) is 5.11. The molecule has 0 saturated heterocycles. The van der Waals surface area contributed by atoms with Gasteiger partial charge in [0.25, 0.3) is 0 Å². The Labute approximate surface area is 166 Å². The molecule has 140 valence electrons. The van der Waals surface area contributed by atoms with Crippen molar-refractivity contribution in [1.29, 1.82) is 0 Å². The molecule has 0 saturated carbocycles. The molecule has 0 atom stereocenters. The van der Waals surface area contributed by atoms with Gasteiger partial charge in [-0.25, -0.2) is 9.67 Å². The van der Waals surface area contributed by atoms with Crippen LogP contribution in [0.25, 0.3) is 27.6 Å². The van der Waals surface area contributed by atoms with Gasteiger partial charge in [-0.2, -0.15) is 5.10 Å². The van der Waals surface area contributed by atoms with Gasteiger partial charge in [-0.1, -0.05) is 30.3 Å². The van der Waals surface area contributed by atoms with E-state index in [9.17, 15) is 9.90 Å². The van der Waals surface area contributed by atoms with Gasteiger partial charge in [0, 0.05) is 11.3 Å². The van der Waals surface area contributed by atoms with Crippen LogP contribution in [0.4, 0.5) is 0 Å². The number of thiazole rings is 1. The van der Waals surface area contributed by atoms with Crippen molar-refractivity contribution in [3.05, 3.63) is 76.6 Å². The van der Waals surface area contributed by atoms with Gasteiger partial charge < -0.3 is 5.11 Å². The zero-order valence-electron chi connectivity index (χ0n) is 15.6. The Bertz CT molecular complexity index is 1160. The molecule has 0 aliphatic heterocycles. The maximum absolute atomic E-state index is 11.5. The molecule has 0 amide bonds. The Kier molecular flexibility index (Phi) is 4.79. The van der Waals surface area contributed by atoms with Crippen LogP contribution in [0.15, 0.2) is 54.6 Å². The average Bonchev–Trinajstić information content (AvgIpc) is 3.24. The van der Waals surface area contributed by atoms with Gasteiger partial charge in [0.1, 0.15) is 5.01 Å². The van der Waals surface area contributed by atoms with Crippen LogP contribution in [0, 0.1) is 13.8 Å². The summed E-state index contributed by atoms with van der Waals surface area (Å²) >= 11 is 1.51. The summed E-state index contributed by atoms with van der Waals surface area (Å²) in [5, 5.41) is 14.8. The molecule has 28 heavy (non-hydrogen) atoms. The van der Waals surface area contributed by atoms with Crippen LogP contribution in [0.5, 0.6) is 0 Å². The summed E-state index contributed by atoms with van der Waals surface area (Å²) in [4.78, 5) is 16.1. The molecule has 5 nitrogen and oxygen atoms in total. The molecular formula is C22H19N3O2S. The van der Waals surface area contributed by atoms with Crippen LogP contribution in [-0.2, 0) is 4.79 Å². The van der Waals surface area contributed by atoms with Gasteiger partial charge in [0.05, 0.1) is 28.0 Å². The van der Waals surface area contributed by atoms with Gasteiger partial charge in [0.2, 0.25) is 0 Å². The SMILES string of the molecule is Cc1nn(-c2ccccc2)c(C)c1/C=C(\CC(=O)O)c1nc2ccccc2s1. The number of benzene rings is 2. The lowest BCUT2D eigenvalue weighted by Crippen LogP contribution is -1.99. The summed E-state index contributed by atoms with van der Waals surface area (Å²) < 4.78 is 2.93. The van der Waals surface area contributed by atoms with Crippen molar-refractivity contribution in [3.63, 3.8) is 0 Å². The van der Waals surface area contributed by atoms with Crippen molar-refractivity contribution in [2.75, 3.05) is 0 Å². The van der Waals surface area contributed by atoms with Gasteiger partial charge in [-0.3, -0.25) is 4.79 Å². The fourth-order valence-electron chi connectivity index (χ4n) is 3.22. The number of hydrogen-bond acceptors (Lipinski definition) is 4. The van der Waals surface area contributed by atoms with Crippen molar-refractivity contribution < 1.29 is 9.90 Å². The van der Waals surface area contributed by atoms with Crippen molar-refractivity contribution in [1.82, 2.24) is 14.8 Å². The summed E-state index contributed by atoms with van der Waals surface area (Å²) in [6.07, 6.45) is 1.83. The molecule has 4 rings (SSSR count). The van der Waals surface area contributed by atoms with E-state index in [-0.39, 0.29) is 6.42 Å². The van der Waals surface area contributed by atoms with Crippen LogP contribution in [0.2, 0.25) is 0 Å². The van der Waals surface area contributed by atoms with Gasteiger partial charge in [-0.15, -0.1) is 11.3 Å². The third kappa shape index (κ3) is 3.46. The number of aryl methyl sites for hydroxylation is 1. The van der Waals surface area contributed by atoms with Crippen LogP contribution < -0.4 is 0 Å². The highest BCUT2D eigenvalue weighted by Gasteiger charge is 2.16. The normalized spacial score (nSPS) is 11.9. The highest BCUT2D eigenvalue weighted by Crippen LogP contribution is 2.31. The molecule has 0 aliphatic rings. The highest BCUT2D eigenvalue weighted by atomic mass is 32.1. The second kappa shape index (κ2) is 7.40. The first kappa shape index (κ1) is 18.1. The van der Waals surface area contributed by atoms with Crippen molar-refractivity contribution in [3.8, 4) is 5.69 Å². The van der Waals surface area contributed by atoms with E-state index in [0.29, 0.717) is 5.57 Å². The summed E-state index contributed by atoms with van der Waals surface area (Å²) in [6, 6.07) is 17.7. The topological polar surface area (TPSA) is 68.0 Å². The van der Waals surface area contributed by atoms with E-state index in [2.05, 4.69) is 10.1 Å². The number of aromatic nitrogens is 3. The van der Waals surface area contributed by atoms with Crippen LogP contribution in [0.1, 0.15) is 28.4 Å².